The van der Waals surface area contributed by atoms with Crippen molar-refractivity contribution in [1.29, 1.82) is 0 Å². The van der Waals surface area contributed by atoms with Gasteiger partial charge >= 0.3 is 0 Å². The van der Waals surface area contributed by atoms with E-state index >= 15 is 0 Å². The van der Waals surface area contributed by atoms with Crippen LogP contribution in [0.1, 0.15) is 47.6 Å². The molecule has 1 fully saturated rings. The summed E-state index contributed by atoms with van der Waals surface area (Å²) >= 11 is 1.59. The van der Waals surface area contributed by atoms with E-state index in [2.05, 4.69) is 47.9 Å². The maximum absolute atomic E-state index is 12.7. The molecule has 29 heavy (non-hydrogen) atoms. The smallest absolute Gasteiger partial charge is 0.186 e. The Kier molecular flexibility index (Phi) is 4.87. The summed E-state index contributed by atoms with van der Waals surface area (Å²) in [6, 6.07) is 9.01. The van der Waals surface area contributed by atoms with Crippen molar-refractivity contribution in [1.82, 2.24) is 4.98 Å². The Bertz CT molecular complexity index is 923. The highest BCUT2D eigenvalue weighted by molar-refractivity contribution is 7.17. The number of aromatic nitrogens is 1. The van der Waals surface area contributed by atoms with Gasteiger partial charge in [-0.25, -0.2) is 4.98 Å². The van der Waals surface area contributed by atoms with E-state index in [4.69, 9.17) is 9.72 Å². The van der Waals surface area contributed by atoms with Crippen LogP contribution in [-0.4, -0.2) is 49.7 Å². The van der Waals surface area contributed by atoms with Gasteiger partial charge in [0, 0.05) is 31.7 Å². The molecule has 3 heterocycles. The van der Waals surface area contributed by atoms with Crippen molar-refractivity contribution in [3.8, 4) is 0 Å². The van der Waals surface area contributed by atoms with Gasteiger partial charge in [-0.2, -0.15) is 0 Å². The molecule has 0 amide bonds. The number of benzene rings is 1. The number of thiazole rings is 1. The number of hydrogen-bond acceptors (Lipinski definition) is 6. The number of carbonyl (C=O) groups excluding carboxylic acids is 1. The van der Waals surface area contributed by atoms with Crippen molar-refractivity contribution in [3.63, 3.8) is 0 Å². The van der Waals surface area contributed by atoms with E-state index in [0.717, 1.165) is 54.8 Å². The van der Waals surface area contributed by atoms with E-state index in [1.807, 2.05) is 0 Å². The normalized spacial score (nSPS) is 23.7. The predicted molar refractivity (Wildman–Crippen MR) is 117 cm³/mol. The number of ketones is 1. The van der Waals surface area contributed by atoms with Crippen LogP contribution in [0.5, 0.6) is 0 Å². The molecule has 1 aromatic carbocycles. The highest BCUT2D eigenvalue weighted by Crippen LogP contribution is 2.40. The monoisotopic (exact) mass is 411 g/mol. The number of hydrogen-bond donors (Lipinski definition) is 0. The van der Waals surface area contributed by atoms with Crippen molar-refractivity contribution in [2.45, 2.75) is 45.6 Å². The molecule has 5 nitrogen and oxygen atoms in total. The van der Waals surface area contributed by atoms with Crippen LogP contribution >= 0.6 is 11.3 Å². The van der Waals surface area contributed by atoms with E-state index < -0.39 is 0 Å². The molecule has 1 unspecified atom stereocenters. The van der Waals surface area contributed by atoms with Gasteiger partial charge in [0.2, 0.25) is 0 Å². The Morgan fingerprint density at radius 1 is 1.24 bits per heavy atom. The summed E-state index contributed by atoms with van der Waals surface area (Å²) in [5, 5.41) is 1.000. The van der Waals surface area contributed by atoms with Crippen molar-refractivity contribution in [2.24, 2.45) is 5.41 Å². The van der Waals surface area contributed by atoms with Gasteiger partial charge in [-0.3, -0.25) is 4.79 Å². The van der Waals surface area contributed by atoms with E-state index in [1.54, 1.807) is 11.3 Å². The van der Waals surface area contributed by atoms with E-state index in [1.165, 1.54) is 17.7 Å². The highest BCUT2D eigenvalue weighted by atomic mass is 32.1. The van der Waals surface area contributed by atoms with Gasteiger partial charge in [-0.1, -0.05) is 43.4 Å². The Hall–Kier alpha value is -1.92. The molecule has 1 saturated heterocycles. The fourth-order valence-electron chi connectivity index (χ4n) is 4.94. The summed E-state index contributed by atoms with van der Waals surface area (Å²) in [7, 11) is 0. The number of ether oxygens (including phenoxy) is 1. The quantitative estimate of drug-likeness (QED) is 0.765. The molecule has 0 radical (unpaired) electrons. The first-order valence-corrected chi connectivity index (χ1v) is 11.5. The Morgan fingerprint density at radius 3 is 3.00 bits per heavy atom. The van der Waals surface area contributed by atoms with Gasteiger partial charge < -0.3 is 14.5 Å². The summed E-state index contributed by atoms with van der Waals surface area (Å²) in [5.41, 5.74) is 3.82. The van der Waals surface area contributed by atoms with Gasteiger partial charge in [0.1, 0.15) is 0 Å². The summed E-state index contributed by atoms with van der Waals surface area (Å²) < 4.78 is 5.86. The minimum absolute atomic E-state index is 0.0113. The van der Waals surface area contributed by atoms with E-state index in [-0.39, 0.29) is 17.2 Å². The van der Waals surface area contributed by atoms with Crippen LogP contribution in [0.3, 0.4) is 0 Å². The van der Waals surface area contributed by atoms with Gasteiger partial charge in [0.25, 0.3) is 0 Å². The minimum Gasteiger partial charge on any atom is -0.377 e. The number of fused-ring (bicyclic) bond motifs is 2. The third-order valence-corrected chi connectivity index (χ3v) is 7.51. The van der Waals surface area contributed by atoms with E-state index in [9.17, 15) is 4.79 Å². The molecule has 1 aliphatic carbocycles. The zero-order valence-electron chi connectivity index (χ0n) is 17.3. The topological polar surface area (TPSA) is 45.7 Å². The number of nitrogens with zero attached hydrogens (tertiary/aromatic N) is 3. The first-order valence-electron chi connectivity index (χ1n) is 10.7. The summed E-state index contributed by atoms with van der Waals surface area (Å²) in [5.74, 6) is 0.259. The zero-order valence-corrected chi connectivity index (χ0v) is 18.1. The van der Waals surface area contributed by atoms with Crippen molar-refractivity contribution in [3.05, 3.63) is 40.4 Å². The third kappa shape index (κ3) is 3.68. The lowest BCUT2D eigenvalue weighted by atomic mass is 9.78. The molecule has 1 aromatic heterocycles. The molecular formula is C23H29N3O2S. The maximum atomic E-state index is 12.7. The van der Waals surface area contributed by atoms with Crippen molar-refractivity contribution < 1.29 is 9.53 Å². The van der Waals surface area contributed by atoms with Gasteiger partial charge in [0.15, 0.2) is 10.9 Å². The fraction of sp³-hybridized carbons (Fsp3) is 0.565. The second-order valence-corrected chi connectivity index (χ2v) is 10.3. The van der Waals surface area contributed by atoms with Crippen LogP contribution < -0.4 is 9.80 Å². The standard InChI is InChI=1S/C23H29N3O2S/c1-23(2)12-18-21(20(27)13-23)29-22(24-18)26-10-11-28-15-17(26)14-25-9-5-7-16-6-3-4-8-19(16)25/h3-4,6,8,17H,5,7,9-15H2,1-2H3. The molecule has 2 aromatic rings. The lowest BCUT2D eigenvalue weighted by Gasteiger charge is -2.40. The Balaban J connectivity index is 1.40. The summed E-state index contributed by atoms with van der Waals surface area (Å²) in [4.78, 5) is 23.4. The fourth-order valence-corrected chi connectivity index (χ4v) is 6.06. The van der Waals surface area contributed by atoms with Crippen LogP contribution in [-0.2, 0) is 17.6 Å². The Morgan fingerprint density at radius 2 is 2.10 bits per heavy atom. The SMILES string of the molecule is CC1(C)CC(=O)c2sc(N3CCOCC3CN3CCCc4ccccc43)nc2C1. The molecule has 3 aliphatic rings. The van der Waals surface area contributed by atoms with Gasteiger partial charge in [-0.05, 0) is 36.3 Å². The maximum Gasteiger partial charge on any atom is 0.186 e. The molecule has 0 bridgehead atoms. The van der Waals surface area contributed by atoms with Gasteiger partial charge in [-0.15, -0.1) is 0 Å². The van der Waals surface area contributed by atoms with Crippen LogP contribution in [0, 0.1) is 5.41 Å². The third-order valence-electron chi connectivity index (χ3n) is 6.34. The molecule has 5 rings (SSSR count). The number of aryl methyl sites for hydroxylation is 1. The largest absolute Gasteiger partial charge is 0.377 e. The van der Waals surface area contributed by atoms with E-state index in [0.29, 0.717) is 13.0 Å². The van der Waals surface area contributed by atoms with Crippen LogP contribution in [0.4, 0.5) is 10.8 Å². The zero-order chi connectivity index (χ0) is 20.0. The number of morpholine rings is 1. The molecular weight excluding hydrogens is 382 g/mol. The first-order chi connectivity index (χ1) is 14.0. The predicted octanol–water partition coefficient (Wildman–Crippen LogP) is 3.96. The Labute approximate surface area is 176 Å². The molecule has 0 spiro atoms. The number of anilines is 2. The number of Topliss-reactive ketones (excluding diaryl/α,β-unsaturated/α-hetero) is 1. The molecule has 6 heteroatoms. The molecule has 2 aliphatic heterocycles. The molecule has 1 atom stereocenters. The molecule has 0 N–H and O–H groups in total. The van der Waals surface area contributed by atoms with Crippen LogP contribution in [0.15, 0.2) is 24.3 Å². The van der Waals surface area contributed by atoms with Crippen molar-refractivity contribution >= 4 is 27.9 Å². The van der Waals surface area contributed by atoms with Crippen LogP contribution in [0.25, 0.3) is 0 Å². The van der Waals surface area contributed by atoms with Crippen LogP contribution in [0.2, 0.25) is 0 Å². The first kappa shape index (κ1) is 19.1. The second-order valence-electron chi connectivity index (χ2n) is 9.31. The average molecular weight is 412 g/mol. The molecule has 154 valence electrons. The lowest BCUT2D eigenvalue weighted by molar-refractivity contribution is 0.0915. The number of rotatable bonds is 3. The number of carbonyl (C=O) groups is 1. The van der Waals surface area contributed by atoms with Gasteiger partial charge in [0.05, 0.1) is 29.8 Å². The second kappa shape index (κ2) is 7.40. The van der Waals surface area contributed by atoms with Crippen molar-refractivity contribution in [2.75, 3.05) is 42.6 Å². The summed E-state index contributed by atoms with van der Waals surface area (Å²) in [6.07, 6.45) is 3.87. The summed E-state index contributed by atoms with van der Waals surface area (Å²) in [6.45, 7) is 8.61. The molecule has 0 saturated carbocycles. The lowest BCUT2D eigenvalue weighted by Crippen LogP contribution is -2.52. The number of para-hydroxylation sites is 1. The average Bonchev–Trinajstić information content (AvgIpc) is 3.12. The minimum atomic E-state index is 0.0113. The highest BCUT2D eigenvalue weighted by Gasteiger charge is 2.36.